The molecular weight excluding hydrogens is 162 g/mol. The first kappa shape index (κ1) is 8.57. The minimum absolute atomic E-state index is 0.302. The summed E-state index contributed by atoms with van der Waals surface area (Å²) in [7, 11) is 0. The van der Waals surface area contributed by atoms with Gasteiger partial charge in [-0.1, -0.05) is 6.07 Å². The minimum Gasteiger partial charge on any atom is -0.508 e. The molecule has 0 saturated carbocycles. The number of nitrogens with two attached hydrogens (primary N) is 1. The van der Waals surface area contributed by atoms with Crippen LogP contribution < -0.4 is 5.73 Å². The smallest absolute Gasteiger partial charge is 0.118 e. The van der Waals surface area contributed by atoms with Crippen molar-refractivity contribution in [2.45, 2.75) is 32.2 Å². The van der Waals surface area contributed by atoms with Gasteiger partial charge < -0.3 is 10.8 Å². The predicted molar refractivity (Wildman–Crippen MR) is 52.8 cm³/mol. The molecule has 0 unspecified atom stereocenters. The lowest BCUT2D eigenvalue weighted by molar-refractivity contribution is 0.467. The van der Waals surface area contributed by atoms with Gasteiger partial charge in [0.1, 0.15) is 5.75 Å². The zero-order valence-electron chi connectivity index (χ0n) is 7.88. The van der Waals surface area contributed by atoms with E-state index < -0.39 is 0 Å². The van der Waals surface area contributed by atoms with E-state index in [-0.39, 0.29) is 0 Å². The van der Waals surface area contributed by atoms with Crippen LogP contribution in [-0.4, -0.2) is 11.1 Å². The largest absolute Gasteiger partial charge is 0.508 e. The normalized spacial score (nSPS) is 21.2. The summed E-state index contributed by atoms with van der Waals surface area (Å²) in [5.41, 5.74) is 9.41. The monoisotopic (exact) mass is 177 g/mol. The van der Waals surface area contributed by atoms with Gasteiger partial charge in [0.15, 0.2) is 0 Å². The molecule has 13 heavy (non-hydrogen) atoms. The summed E-state index contributed by atoms with van der Waals surface area (Å²) in [5, 5.41) is 9.51. The Kier molecular flexibility index (Phi) is 2.00. The summed E-state index contributed by atoms with van der Waals surface area (Å²) in [4.78, 5) is 0. The van der Waals surface area contributed by atoms with Crippen molar-refractivity contribution in [1.82, 2.24) is 0 Å². The third-order valence-corrected chi connectivity index (χ3v) is 2.78. The van der Waals surface area contributed by atoms with Crippen LogP contribution in [0.15, 0.2) is 12.1 Å². The molecule has 2 rings (SSSR count). The highest BCUT2D eigenvalue weighted by Crippen LogP contribution is 2.27. The molecule has 0 fully saturated rings. The number of rotatable bonds is 0. The zero-order valence-corrected chi connectivity index (χ0v) is 7.88. The van der Waals surface area contributed by atoms with Gasteiger partial charge in [-0.25, -0.2) is 0 Å². The molecule has 0 spiro atoms. The standard InChI is InChI=1S/C11H15NO/c1-7-4-9-5-10(12)3-2-8(9)6-11(7)13/h4,6,10,13H,2-3,5,12H2,1H3/t10-/m1/s1. The number of phenols is 1. The maximum Gasteiger partial charge on any atom is 0.118 e. The molecule has 2 nitrogen and oxygen atoms in total. The molecule has 1 aromatic carbocycles. The van der Waals surface area contributed by atoms with E-state index in [1.165, 1.54) is 11.1 Å². The van der Waals surface area contributed by atoms with Crippen LogP contribution in [0.2, 0.25) is 0 Å². The van der Waals surface area contributed by atoms with Crippen molar-refractivity contribution in [3.05, 3.63) is 28.8 Å². The van der Waals surface area contributed by atoms with Crippen molar-refractivity contribution in [3.63, 3.8) is 0 Å². The molecule has 0 amide bonds. The van der Waals surface area contributed by atoms with Crippen molar-refractivity contribution < 1.29 is 5.11 Å². The van der Waals surface area contributed by atoms with Gasteiger partial charge in [0, 0.05) is 6.04 Å². The molecule has 2 heteroatoms. The summed E-state index contributed by atoms with van der Waals surface area (Å²) in [6, 6.07) is 4.25. The first-order chi connectivity index (χ1) is 6.16. The van der Waals surface area contributed by atoms with Gasteiger partial charge in [-0.2, -0.15) is 0 Å². The lowest BCUT2D eigenvalue weighted by Gasteiger charge is -2.22. The van der Waals surface area contributed by atoms with Crippen LogP contribution in [0, 0.1) is 6.92 Å². The molecule has 0 aliphatic heterocycles. The Balaban J connectivity index is 2.43. The Bertz CT molecular complexity index is 333. The van der Waals surface area contributed by atoms with Crippen LogP contribution in [0.1, 0.15) is 23.1 Å². The van der Waals surface area contributed by atoms with Crippen LogP contribution in [-0.2, 0) is 12.8 Å². The van der Waals surface area contributed by atoms with Crippen LogP contribution in [0.5, 0.6) is 5.75 Å². The topological polar surface area (TPSA) is 46.2 Å². The van der Waals surface area contributed by atoms with Crippen LogP contribution >= 0.6 is 0 Å². The number of aromatic hydroxyl groups is 1. The molecule has 1 aliphatic rings. The van der Waals surface area contributed by atoms with E-state index in [2.05, 4.69) is 6.07 Å². The van der Waals surface area contributed by atoms with E-state index >= 15 is 0 Å². The maximum atomic E-state index is 9.51. The number of hydrogen-bond acceptors (Lipinski definition) is 2. The number of fused-ring (bicyclic) bond motifs is 1. The molecule has 0 bridgehead atoms. The first-order valence-electron chi connectivity index (χ1n) is 4.74. The Morgan fingerprint density at radius 2 is 2.15 bits per heavy atom. The number of hydrogen-bond donors (Lipinski definition) is 2. The molecule has 1 aromatic rings. The van der Waals surface area contributed by atoms with Crippen molar-refractivity contribution in [3.8, 4) is 5.75 Å². The average Bonchev–Trinajstić information content (AvgIpc) is 2.08. The molecule has 70 valence electrons. The molecule has 0 radical (unpaired) electrons. The van der Waals surface area contributed by atoms with Gasteiger partial charge in [0.25, 0.3) is 0 Å². The maximum absolute atomic E-state index is 9.51. The van der Waals surface area contributed by atoms with Crippen molar-refractivity contribution in [2.24, 2.45) is 5.73 Å². The lowest BCUT2D eigenvalue weighted by Crippen LogP contribution is -2.27. The second-order valence-corrected chi connectivity index (χ2v) is 3.91. The fraction of sp³-hybridized carbons (Fsp3) is 0.455. The summed E-state index contributed by atoms with van der Waals surface area (Å²) < 4.78 is 0. The summed E-state index contributed by atoms with van der Waals surface area (Å²) in [5.74, 6) is 0.411. The Morgan fingerprint density at radius 1 is 1.38 bits per heavy atom. The molecule has 0 heterocycles. The summed E-state index contributed by atoms with van der Waals surface area (Å²) in [6.45, 7) is 1.93. The third-order valence-electron chi connectivity index (χ3n) is 2.78. The molecule has 1 aliphatic carbocycles. The van der Waals surface area contributed by atoms with Crippen molar-refractivity contribution in [1.29, 1.82) is 0 Å². The highest BCUT2D eigenvalue weighted by molar-refractivity contribution is 5.42. The highest BCUT2D eigenvalue weighted by atomic mass is 16.3. The highest BCUT2D eigenvalue weighted by Gasteiger charge is 2.16. The third kappa shape index (κ3) is 1.54. The van der Waals surface area contributed by atoms with Crippen LogP contribution in [0.3, 0.4) is 0 Å². The SMILES string of the molecule is Cc1cc2c(cc1O)CC[C@@H](N)C2. The molecule has 3 N–H and O–H groups in total. The van der Waals surface area contributed by atoms with Crippen LogP contribution in [0.25, 0.3) is 0 Å². The van der Waals surface area contributed by atoms with Gasteiger partial charge in [-0.05, 0) is 48.9 Å². The van der Waals surface area contributed by atoms with Gasteiger partial charge in [0.05, 0.1) is 0 Å². The fourth-order valence-electron chi connectivity index (χ4n) is 1.95. The quantitative estimate of drug-likeness (QED) is 0.631. The second kappa shape index (κ2) is 3.04. The first-order valence-corrected chi connectivity index (χ1v) is 4.74. The number of benzene rings is 1. The molecule has 1 atom stereocenters. The second-order valence-electron chi connectivity index (χ2n) is 3.91. The fourth-order valence-corrected chi connectivity index (χ4v) is 1.95. The lowest BCUT2D eigenvalue weighted by atomic mass is 9.87. The molecular formula is C11H15NO. The number of aryl methyl sites for hydroxylation is 2. The van der Waals surface area contributed by atoms with E-state index in [1.807, 2.05) is 13.0 Å². The minimum atomic E-state index is 0.302. The Morgan fingerprint density at radius 3 is 2.92 bits per heavy atom. The Labute approximate surface area is 78.4 Å². The van der Waals surface area contributed by atoms with Crippen LogP contribution in [0.4, 0.5) is 0 Å². The van der Waals surface area contributed by atoms with E-state index in [0.717, 1.165) is 24.8 Å². The number of phenolic OH excluding ortho intramolecular Hbond substituents is 1. The summed E-state index contributed by atoms with van der Waals surface area (Å²) >= 11 is 0. The Hall–Kier alpha value is -1.02. The summed E-state index contributed by atoms with van der Waals surface area (Å²) in [6.07, 6.45) is 3.00. The van der Waals surface area contributed by atoms with E-state index in [9.17, 15) is 5.11 Å². The van der Waals surface area contributed by atoms with Gasteiger partial charge >= 0.3 is 0 Å². The van der Waals surface area contributed by atoms with Gasteiger partial charge in [0.2, 0.25) is 0 Å². The van der Waals surface area contributed by atoms with Crippen molar-refractivity contribution >= 4 is 0 Å². The van der Waals surface area contributed by atoms with E-state index in [4.69, 9.17) is 5.73 Å². The molecule has 0 aromatic heterocycles. The molecule has 0 saturated heterocycles. The average molecular weight is 177 g/mol. The predicted octanol–water partition coefficient (Wildman–Crippen LogP) is 1.52. The van der Waals surface area contributed by atoms with Gasteiger partial charge in [-0.15, -0.1) is 0 Å². The zero-order chi connectivity index (χ0) is 9.42. The van der Waals surface area contributed by atoms with E-state index in [1.54, 1.807) is 0 Å². The van der Waals surface area contributed by atoms with E-state index in [0.29, 0.717) is 11.8 Å². The van der Waals surface area contributed by atoms with Gasteiger partial charge in [-0.3, -0.25) is 0 Å². The van der Waals surface area contributed by atoms with Crippen molar-refractivity contribution in [2.75, 3.05) is 0 Å².